The Morgan fingerprint density at radius 1 is 0.653 bits per heavy atom. The summed E-state index contributed by atoms with van der Waals surface area (Å²) in [6.07, 6.45) is 12.7. The molecule has 1 aromatic rings. The van der Waals surface area contributed by atoms with E-state index in [4.69, 9.17) is 57.0 Å². The summed E-state index contributed by atoms with van der Waals surface area (Å²) >= 11 is 0. The van der Waals surface area contributed by atoms with E-state index in [1.54, 1.807) is 38.5 Å². The Labute approximate surface area is 567 Å². The first-order valence-corrected chi connectivity index (χ1v) is 34.3. The van der Waals surface area contributed by atoms with Gasteiger partial charge in [0.1, 0.15) is 31.4 Å². The normalized spacial score (nSPS) is 34.8. The maximum Gasteiger partial charge on any atom is 0.373 e. The van der Waals surface area contributed by atoms with Crippen molar-refractivity contribution in [2.75, 3.05) is 62.4 Å². The molecule has 95 heavy (non-hydrogen) atoms. The van der Waals surface area contributed by atoms with Crippen molar-refractivity contribution in [3.05, 3.63) is 83.5 Å². The van der Waals surface area contributed by atoms with E-state index < -0.39 is 43.3 Å². The van der Waals surface area contributed by atoms with E-state index in [0.717, 1.165) is 29.4 Å². The van der Waals surface area contributed by atoms with Crippen molar-refractivity contribution in [3.8, 4) is 0 Å². The molecule has 8 unspecified atom stereocenters. The lowest BCUT2D eigenvalue weighted by Gasteiger charge is -2.45. The van der Waals surface area contributed by atoms with Crippen molar-refractivity contribution in [3.63, 3.8) is 0 Å². The molecule has 0 aliphatic carbocycles. The smallest absolute Gasteiger partial charge is 0.373 e. The molecule has 4 aliphatic rings. The highest BCUT2D eigenvalue weighted by Crippen LogP contribution is 2.38. The van der Waals surface area contributed by atoms with E-state index in [1.807, 2.05) is 117 Å². The zero-order chi connectivity index (χ0) is 70.9. The van der Waals surface area contributed by atoms with Gasteiger partial charge in [0.15, 0.2) is 30.4 Å². The fourth-order valence-electron chi connectivity index (χ4n) is 13.4. The van der Waals surface area contributed by atoms with Crippen LogP contribution in [0.4, 0.5) is 0 Å². The van der Waals surface area contributed by atoms with Gasteiger partial charge in [-0.3, -0.25) is 19.2 Å². The number of esters is 2. The first-order chi connectivity index (χ1) is 45.2. The summed E-state index contributed by atoms with van der Waals surface area (Å²) in [4.78, 5) is 85.6. The molecular weight excluding hydrogens is 1220 g/mol. The number of aliphatic hydroxyl groups excluding tert-OH is 2. The van der Waals surface area contributed by atoms with Gasteiger partial charge < -0.3 is 72.2 Å². The Balaban J connectivity index is 0.000000479. The van der Waals surface area contributed by atoms with Crippen LogP contribution in [0.1, 0.15) is 159 Å². The van der Waals surface area contributed by atoms with Crippen LogP contribution >= 0.6 is 0 Å². The summed E-state index contributed by atoms with van der Waals surface area (Å²) in [6.45, 7) is 22.4. The molecule has 21 heteroatoms. The molecule has 0 bridgehead atoms. The maximum atomic E-state index is 13.4. The summed E-state index contributed by atoms with van der Waals surface area (Å²) < 4.78 is 60.8. The first kappa shape index (κ1) is 84.3. The number of methoxy groups -OCH3 is 2. The number of allylic oxidation sites excluding steroid dienone is 6. The number of cyclic esters (lactones) is 2. The second-order valence-corrected chi connectivity index (χ2v) is 27.2. The Bertz CT molecular complexity index is 2570. The van der Waals surface area contributed by atoms with Crippen molar-refractivity contribution >= 4 is 35.9 Å². The number of nitrogens with zero attached hydrogens (tertiary/aromatic N) is 2. The predicted octanol–water partition coefficient (Wildman–Crippen LogP) is 10.2. The van der Waals surface area contributed by atoms with Crippen LogP contribution < -0.4 is 0 Å². The number of aldehydes is 1. The third-order valence-corrected chi connectivity index (χ3v) is 19.0. The van der Waals surface area contributed by atoms with Gasteiger partial charge in [0, 0.05) is 81.6 Å². The fourth-order valence-corrected chi connectivity index (χ4v) is 13.4. The van der Waals surface area contributed by atoms with Gasteiger partial charge in [-0.15, -0.1) is 0 Å². The molecule has 2 saturated heterocycles. The van der Waals surface area contributed by atoms with Crippen LogP contribution in [0.2, 0.25) is 0 Å². The van der Waals surface area contributed by atoms with Gasteiger partial charge >= 0.3 is 18.1 Å². The molecule has 4 heterocycles. The van der Waals surface area contributed by atoms with Crippen LogP contribution in [-0.4, -0.2) is 192 Å². The molecule has 21 nitrogen and oxygen atoms in total. The molecule has 0 saturated carbocycles. The second kappa shape index (κ2) is 44.8. The molecule has 4 aliphatic heterocycles. The number of hydrogen-bond donors (Lipinski definition) is 2. The van der Waals surface area contributed by atoms with Crippen LogP contribution in [0.5, 0.6) is 0 Å². The van der Waals surface area contributed by atoms with Crippen molar-refractivity contribution in [2.45, 2.75) is 233 Å². The zero-order valence-corrected chi connectivity index (χ0v) is 60.1. The summed E-state index contributed by atoms with van der Waals surface area (Å²) in [5.41, 5.74) is 2.72. The van der Waals surface area contributed by atoms with Crippen molar-refractivity contribution in [2.24, 2.45) is 53.3 Å². The van der Waals surface area contributed by atoms with Gasteiger partial charge in [0.2, 0.25) is 0 Å². The molecule has 538 valence electrons. The van der Waals surface area contributed by atoms with E-state index in [1.165, 1.54) is 0 Å². The number of ether oxygens (including phenoxy) is 10. The highest BCUT2D eigenvalue weighted by atomic mass is 16.7. The lowest BCUT2D eigenvalue weighted by molar-refractivity contribution is -0.280. The van der Waals surface area contributed by atoms with E-state index in [2.05, 4.69) is 39.8 Å². The molecule has 2 N–H and O–H groups in total. The third kappa shape index (κ3) is 29.2. The number of carbonyl (C=O) groups is 5. The summed E-state index contributed by atoms with van der Waals surface area (Å²) in [7, 11) is 11.2. The van der Waals surface area contributed by atoms with Crippen LogP contribution in [0.3, 0.4) is 0 Å². The number of carbonyl (C=O) groups excluding carboxylic acids is 7. The van der Waals surface area contributed by atoms with Crippen LogP contribution in [-0.2, 0) is 87.5 Å². The quantitative estimate of drug-likeness (QED) is 0.0502. The van der Waals surface area contributed by atoms with Crippen molar-refractivity contribution in [1.82, 2.24) is 9.80 Å². The molecule has 2 fully saturated rings. The Morgan fingerprint density at radius 3 is 1.62 bits per heavy atom. The SMILES string of the molecule is CC[C@H]1OC(=O)CC[C@H](C)[C@@H](OC2OC(C)CC(N(C)C)C2C)[C@@H](CC(OC)OC)C[C@@H](C)C(=O)/C=C/C(C)=C/[C@@H]1CO.CC[C@H]1OC(=O)CC[C@H](C)[C@@H](OC2OC(C)CC(N(C)C)C2O)[C@@H](CC=O)C[C@@H](C)C(=O)/C=C/C(C)=C/[C@@H]1COCOCc1ccccc1.O=C=O. The number of ketones is 2. The maximum absolute atomic E-state index is 13.4. The number of aliphatic hydroxyl groups is 2. The Hall–Kier alpha value is -4.97. The molecular formula is C74H118N2O19. The van der Waals surface area contributed by atoms with Crippen LogP contribution in [0, 0.1) is 53.3 Å². The first-order valence-electron chi connectivity index (χ1n) is 34.3. The molecule has 5 rings (SSSR count). The second-order valence-electron chi connectivity index (χ2n) is 27.2. The average molecular weight is 1340 g/mol. The molecule has 0 radical (unpaired) electrons. The largest absolute Gasteiger partial charge is 0.462 e. The topological polar surface area (TPSA) is 259 Å². The zero-order valence-electron chi connectivity index (χ0n) is 60.1. The molecule has 20 atom stereocenters. The fraction of sp³-hybridized carbons (Fsp3) is 0.730. The van der Waals surface area contributed by atoms with Gasteiger partial charge in [0.25, 0.3) is 0 Å². The van der Waals surface area contributed by atoms with Crippen LogP contribution in [0.25, 0.3) is 0 Å². The predicted molar refractivity (Wildman–Crippen MR) is 359 cm³/mol. The Morgan fingerprint density at radius 2 is 1.13 bits per heavy atom. The van der Waals surface area contributed by atoms with E-state index in [-0.39, 0.29) is 147 Å². The lowest BCUT2D eigenvalue weighted by atomic mass is 9.80. The molecule has 0 amide bonds. The number of likely N-dealkylation sites (N-methyl/N-ethyl adjacent to an activating group) is 1. The standard InChI is InChI=1S/C39H59NO9.C34H59NO8.CO2/c1-8-35-32(24-46-25-45-23-30-12-10-9-11-13-30)20-26(2)14-16-34(42)28(4)21-31(18-19-41)38(27(3)15-17-36(43)48-35)49-39-37(44)33(40(6)7)22-29(5)47-39;1-11-30-27(20-36)16-21(2)12-14-29(37)23(4)17-26(19-32(39-9)40-10)33(22(3)13-15-31(38)42-30)43-34-25(6)28(35(7)8)18-24(5)41-34;2-1-3/h9-14,16,19-20,27-29,31-33,35,37-39,44H,8,15,17-18,21-25H2,1-7H3;12,14,16,22-28,30,32-34,36H,11,13,15,17-20H2,1-10H3;/b16-14+,26-20+;14-12+,21-16+;/t27-,28+,29?,31-,32+,33?,35+,37?,38+,39?;22-,23+,24?,25?,26+,27+,28?,30+,33+,34?;/m00./s1. The van der Waals surface area contributed by atoms with E-state index in [9.17, 15) is 34.2 Å². The number of benzene rings is 1. The average Bonchev–Trinajstić information content (AvgIpc) is 0.829. The van der Waals surface area contributed by atoms with Crippen molar-refractivity contribution in [1.29, 1.82) is 0 Å². The molecule has 0 spiro atoms. The minimum absolute atomic E-state index is 0.0187. The van der Waals surface area contributed by atoms with Gasteiger partial charge in [0.05, 0.1) is 44.2 Å². The summed E-state index contributed by atoms with van der Waals surface area (Å²) in [6, 6.07) is 9.96. The number of hydrogen-bond acceptors (Lipinski definition) is 21. The molecule has 0 aromatic heterocycles. The van der Waals surface area contributed by atoms with Gasteiger partial charge in [-0.2, -0.15) is 9.59 Å². The van der Waals surface area contributed by atoms with Gasteiger partial charge in [-0.25, -0.2) is 0 Å². The summed E-state index contributed by atoms with van der Waals surface area (Å²) in [5.74, 6) is -2.55. The highest BCUT2D eigenvalue weighted by molar-refractivity contribution is 5.92. The summed E-state index contributed by atoms with van der Waals surface area (Å²) in [5, 5.41) is 21.3. The van der Waals surface area contributed by atoms with Crippen LogP contribution in [0.15, 0.2) is 77.9 Å². The van der Waals surface area contributed by atoms with Gasteiger partial charge in [-0.05, 0) is 149 Å². The molecule has 1 aromatic carbocycles. The Kier molecular flexibility index (Phi) is 39.8. The number of rotatable bonds is 21. The monoisotopic (exact) mass is 1340 g/mol. The van der Waals surface area contributed by atoms with E-state index >= 15 is 0 Å². The minimum atomic E-state index is -0.920. The van der Waals surface area contributed by atoms with Gasteiger partial charge in [-0.1, -0.05) is 114 Å². The third-order valence-electron chi connectivity index (χ3n) is 19.0. The van der Waals surface area contributed by atoms with Crippen molar-refractivity contribution < 1.29 is 91.1 Å². The van der Waals surface area contributed by atoms with E-state index in [0.29, 0.717) is 64.0 Å². The highest BCUT2D eigenvalue weighted by Gasteiger charge is 2.44. The minimum Gasteiger partial charge on any atom is -0.462 e. The lowest BCUT2D eigenvalue weighted by Crippen LogP contribution is -2.55.